The van der Waals surface area contributed by atoms with Gasteiger partial charge < -0.3 is 9.55 Å². The van der Waals surface area contributed by atoms with Crippen molar-refractivity contribution in [2.45, 2.75) is 12.7 Å². The molecule has 9 heteroatoms. The van der Waals surface area contributed by atoms with Crippen molar-refractivity contribution in [2.24, 2.45) is 5.10 Å². The van der Waals surface area contributed by atoms with E-state index in [0.717, 1.165) is 21.0 Å². The number of carbonyl (C=O) groups is 1. The van der Waals surface area contributed by atoms with Crippen molar-refractivity contribution < 1.29 is 18.0 Å². The highest BCUT2D eigenvalue weighted by molar-refractivity contribution is 5.99. The molecule has 2 aromatic heterocycles. The zero-order valence-corrected chi connectivity index (χ0v) is 14.4. The van der Waals surface area contributed by atoms with Crippen LogP contribution in [-0.2, 0) is 17.5 Å². The molecule has 2 heterocycles. The molecule has 0 saturated carbocycles. The van der Waals surface area contributed by atoms with Crippen LogP contribution in [0.1, 0.15) is 11.4 Å². The second kappa shape index (κ2) is 6.84. The van der Waals surface area contributed by atoms with Crippen LogP contribution in [0.2, 0.25) is 0 Å². The van der Waals surface area contributed by atoms with Gasteiger partial charge in [-0.3, -0.25) is 4.79 Å². The molecule has 0 aliphatic carbocycles. The maximum atomic E-state index is 13.3. The molecule has 28 heavy (non-hydrogen) atoms. The first-order valence-electron chi connectivity index (χ1n) is 8.34. The number of halogens is 3. The lowest BCUT2D eigenvalue weighted by Crippen LogP contribution is -2.26. The molecule has 0 bridgehead atoms. The number of aromatic nitrogens is 3. The summed E-state index contributed by atoms with van der Waals surface area (Å²) in [6.07, 6.45) is -1.51. The molecule has 4 rings (SSSR count). The van der Waals surface area contributed by atoms with Gasteiger partial charge in [0.25, 0.3) is 5.91 Å². The fourth-order valence-electron chi connectivity index (χ4n) is 3.01. The molecule has 0 fully saturated rings. The number of hydrogen-bond donors (Lipinski definition) is 2. The molecule has 4 aromatic rings. The number of fused-ring (bicyclic) bond motifs is 2. The molecule has 6 nitrogen and oxygen atoms in total. The summed E-state index contributed by atoms with van der Waals surface area (Å²) in [6, 6.07) is 13.7. The molecule has 0 radical (unpaired) electrons. The third kappa shape index (κ3) is 3.34. The quantitative estimate of drug-likeness (QED) is 0.415. The van der Waals surface area contributed by atoms with E-state index < -0.39 is 24.5 Å². The molecule has 0 aliphatic heterocycles. The summed E-state index contributed by atoms with van der Waals surface area (Å²) in [5, 5.41) is 4.77. The number of carbonyl (C=O) groups excluding carboxylic acids is 1. The first kappa shape index (κ1) is 17.8. The van der Waals surface area contributed by atoms with Crippen LogP contribution < -0.4 is 5.43 Å². The average molecular weight is 385 g/mol. The summed E-state index contributed by atoms with van der Waals surface area (Å²) in [4.78, 5) is 18.8. The summed E-state index contributed by atoms with van der Waals surface area (Å²) >= 11 is 0. The summed E-state index contributed by atoms with van der Waals surface area (Å²) in [6.45, 7) is -0.555. The van der Waals surface area contributed by atoms with Gasteiger partial charge in [0.1, 0.15) is 6.54 Å². The van der Waals surface area contributed by atoms with Crippen molar-refractivity contribution in [3.63, 3.8) is 0 Å². The number of nitrogens with zero attached hydrogens (tertiary/aromatic N) is 3. The van der Waals surface area contributed by atoms with Gasteiger partial charge >= 0.3 is 6.18 Å². The standard InChI is InChI=1S/C19H14F3N5O/c20-19(21,22)18-25-15-7-3-4-8-16(15)27(18)11-17(28)26-24-10-12-9-23-14-6-2-1-5-13(12)14/h1-10,23H,11H2,(H,26,28)/b24-10-. The van der Waals surface area contributed by atoms with Crippen LogP contribution in [0, 0.1) is 0 Å². The van der Waals surface area contributed by atoms with Crippen LogP contribution in [0.25, 0.3) is 21.9 Å². The van der Waals surface area contributed by atoms with Crippen LogP contribution in [-0.4, -0.2) is 26.7 Å². The second-order valence-corrected chi connectivity index (χ2v) is 6.09. The SMILES string of the molecule is O=C(Cn1c(C(F)(F)F)nc2ccccc21)N/N=C\c1c[nH]c2ccccc12. The number of amides is 1. The lowest BCUT2D eigenvalue weighted by atomic mass is 10.2. The van der Waals surface area contributed by atoms with Gasteiger partial charge in [-0.25, -0.2) is 10.4 Å². The van der Waals surface area contributed by atoms with Gasteiger partial charge in [-0.05, 0) is 18.2 Å². The van der Waals surface area contributed by atoms with Crippen molar-refractivity contribution in [3.05, 3.63) is 66.1 Å². The molecule has 2 aromatic carbocycles. The predicted molar refractivity (Wildman–Crippen MR) is 98.8 cm³/mol. The first-order chi connectivity index (χ1) is 13.4. The zero-order valence-electron chi connectivity index (χ0n) is 14.4. The highest BCUT2D eigenvalue weighted by Gasteiger charge is 2.37. The van der Waals surface area contributed by atoms with Crippen molar-refractivity contribution in [3.8, 4) is 0 Å². The van der Waals surface area contributed by atoms with Crippen molar-refractivity contribution >= 4 is 34.1 Å². The molecule has 0 spiro atoms. The topological polar surface area (TPSA) is 75.1 Å². The Bertz CT molecular complexity index is 1190. The Hall–Kier alpha value is -3.62. The van der Waals surface area contributed by atoms with Gasteiger partial charge in [-0.1, -0.05) is 30.3 Å². The van der Waals surface area contributed by atoms with Crippen LogP contribution >= 0.6 is 0 Å². The van der Waals surface area contributed by atoms with Crippen molar-refractivity contribution in [2.75, 3.05) is 0 Å². The van der Waals surface area contributed by atoms with E-state index in [-0.39, 0.29) is 11.0 Å². The van der Waals surface area contributed by atoms with Gasteiger partial charge in [-0.2, -0.15) is 18.3 Å². The Morgan fingerprint density at radius 3 is 2.75 bits per heavy atom. The van der Waals surface area contributed by atoms with E-state index in [1.165, 1.54) is 18.3 Å². The molecule has 0 aliphatic rings. The summed E-state index contributed by atoms with van der Waals surface area (Å²) in [7, 11) is 0. The minimum Gasteiger partial charge on any atom is -0.361 e. The minimum absolute atomic E-state index is 0.171. The van der Waals surface area contributed by atoms with Gasteiger partial charge in [0.05, 0.1) is 17.2 Å². The second-order valence-electron chi connectivity index (χ2n) is 6.09. The Kier molecular flexibility index (Phi) is 4.34. The van der Waals surface area contributed by atoms with E-state index in [9.17, 15) is 18.0 Å². The van der Waals surface area contributed by atoms with Crippen LogP contribution in [0.3, 0.4) is 0 Å². The van der Waals surface area contributed by atoms with Gasteiger partial charge in [0.2, 0.25) is 5.82 Å². The normalized spacial score (nSPS) is 12.2. The lowest BCUT2D eigenvalue weighted by Gasteiger charge is -2.10. The van der Waals surface area contributed by atoms with E-state index in [1.54, 1.807) is 18.3 Å². The fourth-order valence-corrected chi connectivity index (χ4v) is 3.01. The number of alkyl halides is 3. The Morgan fingerprint density at radius 1 is 1.18 bits per heavy atom. The summed E-state index contributed by atoms with van der Waals surface area (Å²) in [5.41, 5.74) is 4.33. The van der Waals surface area contributed by atoms with E-state index in [1.807, 2.05) is 24.3 Å². The number of imidazole rings is 1. The first-order valence-corrected chi connectivity index (χ1v) is 8.34. The van der Waals surface area contributed by atoms with E-state index in [2.05, 4.69) is 20.5 Å². The number of para-hydroxylation sites is 3. The number of hydrazone groups is 1. The molecule has 1 amide bonds. The smallest absolute Gasteiger partial charge is 0.361 e. The molecular weight excluding hydrogens is 371 g/mol. The van der Waals surface area contributed by atoms with E-state index in [4.69, 9.17) is 0 Å². The molecule has 0 atom stereocenters. The van der Waals surface area contributed by atoms with Gasteiger partial charge in [0.15, 0.2) is 0 Å². The van der Waals surface area contributed by atoms with Crippen molar-refractivity contribution in [1.82, 2.24) is 20.0 Å². The molecule has 0 saturated heterocycles. The number of rotatable bonds is 4. The Balaban J connectivity index is 1.54. The maximum Gasteiger partial charge on any atom is 0.449 e. The minimum atomic E-state index is -4.67. The monoisotopic (exact) mass is 385 g/mol. The lowest BCUT2D eigenvalue weighted by molar-refractivity contribution is -0.147. The predicted octanol–water partition coefficient (Wildman–Crippen LogP) is 3.69. The highest BCUT2D eigenvalue weighted by atomic mass is 19.4. The molecular formula is C19H14F3N5O. The van der Waals surface area contributed by atoms with E-state index >= 15 is 0 Å². The summed E-state index contributed by atoms with van der Waals surface area (Å²) < 4.78 is 40.7. The number of nitrogens with one attached hydrogen (secondary N) is 2. The summed E-state index contributed by atoms with van der Waals surface area (Å²) in [5.74, 6) is -1.81. The maximum absolute atomic E-state index is 13.3. The Labute approximate surface area is 156 Å². The average Bonchev–Trinajstić information content (AvgIpc) is 3.24. The van der Waals surface area contributed by atoms with Crippen molar-refractivity contribution in [1.29, 1.82) is 0 Å². The third-order valence-electron chi connectivity index (χ3n) is 4.22. The third-order valence-corrected chi connectivity index (χ3v) is 4.22. The van der Waals surface area contributed by atoms with Gasteiger partial charge in [-0.15, -0.1) is 0 Å². The molecule has 142 valence electrons. The van der Waals surface area contributed by atoms with Crippen LogP contribution in [0.4, 0.5) is 13.2 Å². The number of aromatic amines is 1. The number of hydrogen-bond acceptors (Lipinski definition) is 3. The number of benzene rings is 2. The van der Waals surface area contributed by atoms with E-state index in [0.29, 0.717) is 0 Å². The zero-order chi connectivity index (χ0) is 19.7. The Morgan fingerprint density at radius 2 is 1.93 bits per heavy atom. The molecule has 2 N–H and O–H groups in total. The van der Waals surface area contributed by atoms with Crippen LogP contribution in [0.5, 0.6) is 0 Å². The van der Waals surface area contributed by atoms with Crippen LogP contribution in [0.15, 0.2) is 59.8 Å². The van der Waals surface area contributed by atoms with Gasteiger partial charge in [0, 0.05) is 22.7 Å². The molecule has 0 unspecified atom stereocenters. The largest absolute Gasteiger partial charge is 0.449 e. The number of H-pyrrole nitrogens is 1. The highest BCUT2D eigenvalue weighted by Crippen LogP contribution is 2.31. The fraction of sp³-hybridized carbons (Fsp3) is 0.105.